The van der Waals surface area contributed by atoms with Crippen LogP contribution in [0.25, 0.3) is 0 Å². The molecule has 0 aromatic carbocycles. The highest BCUT2D eigenvalue weighted by molar-refractivity contribution is 4.99. The molecule has 88 valence electrons. The summed E-state index contributed by atoms with van der Waals surface area (Å²) in [5, 5.41) is 7.37. The van der Waals surface area contributed by atoms with Gasteiger partial charge in [0, 0.05) is 12.5 Å². The van der Waals surface area contributed by atoms with Gasteiger partial charge >= 0.3 is 0 Å². The fraction of sp³-hybridized carbons (Fsp3) is 0.818. The van der Waals surface area contributed by atoms with Gasteiger partial charge in [-0.1, -0.05) is 5.16 Å². The normalized spacial score (nSPS) is 27.4. The monoisotopic (exact) mass is 223 g/mol. The highest BCUT2D eigenvalue weighted by atomic mass is 16.5. The minimum absolute atomic E-state index is 0.0687. The van der Waals surface area contributed by atoms with E-state index in [1.807, 2.05) is 0 Å². The molecule has 0 aliphatic carbocycles. The first-order chi connectivity index (χ1) is 7.93. The number of hydrogen-bond acceptors (Lipinski definition) is 5. The van der Waals surface area contributed by atoms with E-state index in [1.165, 1.54) is 0 Å². The molecule has 2 fully saturated rings. The fourth-order valence-electron chi connectivity index (χ4n) is 2.39. The van der Waals surface area contributed by atoms with Crippen molar-refractivity contribution in [3.8, 4) is 0 Å². The molecule has 2 aliphatic heterocycles. The zero-order valence-corrected chi connectivity index (χ0v) is 9.32. The Balaban J connectivity index is 1.71. The van der Waals surface area contributed by atoms with E-state index in [0.717, 1.165) is 57.1 Å². The summed E-state index contributed by atoms with van der Waals surface area (Å²) < 4.78 is 10.9. The fourth-order valence-corrected chi connectivity index (χ4v) is 2.39. The molecule has 5 heteroatoms. The molecule has 1 aromatic heterocycles. The molecule has 1 atom stereocenters. The largest absolute Gasteiger partial charge is 0.370 e. The van der Waals surface area contributed by atoms with E-state index in [4.69, 9.17) is 9.26 Å². The van der Waals surface area contributed by atoms with Crippen LogP contribution in [-0.2, 0) is 4.74 Å². The van der Waals surface area contributed by atoms with Crippen LogP contribution in [0.15, 0.2) is 4.52 Å². The summed E-state index contributed by atoms with van der Waals surface area (Å²) >= 11 is 0. The van der Waals surface area contributed by atoms with Crippen LogP contribution in [0.2, 0.25) is 0 Å². The van der Waals surface area contributed by atoms with E-state index < -0.39 is 0 Å². The van der Waals surface area contributed by atoms with Crippen LogP contribution >= 0.6 is 0 Å². The summed E-state index contributed by atoms with van der Waals surface area (Å²) in [5.74, 6) is 1.97. The molecule has 2 aliphatic rings. The molecule has 2 saturated heterocycles. The van der Waals surface area contributed by atoms with Gasteiger partial charge in [0.25, 0.3) is 0 Å². The first kappa shape index (κ1) is 10.2. The third-order valence-electron chi connectivity index (χ3n) is 3.36. The average molecular weight is 223 g/mol. The van der Waals surface area contributed by atoms with Crippen molar-refractivity contribution in [2.45, 2.75) is 37.7 Å². The Labute approximate surface area is 94.6 Å². The summed E-state index contributed by atoms with van der Waals surface area (Å²) in [6.07, 6.45) is 4.37. The Kier molecular flexibility index (Phi) is 2.88. The van der Waals surface area contributed by atoms with Crippen LogP contribution in [0, 0.1) is 0 Å². The summed E-state index contributed by atoms with van der Waals surface area (Å²) in [7, 11) is 0. The van der Waals surface area contributed by atoms with Gasteiger partial charge in [0.2, 0.25) is 11.7 Å². The number of rotatable bonds is 2. The Hall–Kier alpha value is -0.940. The molecule has 0 amide bonds. The van der Waals surface area contributed by atoms with Gasteiger partial charge in [-0.25, -0.2) is 0 Å². The Morgan fingerprint density at radius 1 is 1.19 bits per heavy atom. The van der Waals surface area contributed by atoms with Gasteiger partial charge in [0.1, 0.15) is 6.10 Å². The zero-order chi connectivity index (χ0) is 10.8. The van der Waals surface area contributed by atoms with Crippen molar-refractivity contribution in [1.29, 1.82) is 0 Å². The Morgan fingerprint density at radius 3 is 2.81 bits per heavy atom. The summed E-state index contributed by atoms with van der Waals surface area (Å²) in [4.78, 5) is 4.49. The molecular weight excluding hydrogens is 206 g/mol. The Bertz CT molecular complexity index is 341. The van der Waals surface area contributed by atoms with E-state index in [1.54, 1.807) is 0 Å². The molecule has 3 heterocycles. The second kappa shape index (κ2) is 4.51. The van der Waals surface area contributed by atoms with Gasteiger partial charge in [-0.15, -0.1) is 0 Å². The number of aromatic nitrogens is 2. The molecule has 16 heavy (non-hydrogen) atoms. The number of nitrogens with zero attached hydrogens (tertiary/aromatic N) is 2. The molecular formula is C11H17N3O2. The molecule has 0 spiro atoms. The lowest BCUT2D eigenvalue weighted by Crippen LogP contribution is -2.26. The van der Waals surface area contributed by atoms with Gasteiger partial charge in [-0.2, -0.15) is 4.98 Å². The average Bonchev–Trinajstić information content (AvgIpc) is 3.01. The minimum Gasteiger partial charge on any atom is -0.370 e. The smallest absolute Gasteiger partial charge is 0.229 e. The number of nitrogens with one attached hydrogen (secondary N) is 1. The molecule has 0 saturated carbocycles. The van der Waals surface area contributed by atoms with Gasteiger partial charge < -0.3 is 14.6 Å². The first-order valence-corrected chi connectivity index (χ1v) is 6.09. The molecule has 1 aromatic rings. The van der Waals surface area contributed by atoms with Crippen molar-refractivity contribution < 1.29 is 9.26 Å². The van der Waals surface area contributed by atoms with Gasteiger partial charge in [0.15, 0.2) is 0 Å². The number of ether oxygens (including phenoxy) is 1. The molecule has 3 rings (SSSR count). The predicted octanol–water partition coefficient (Wildman–Crippen LogP) is 1.39. The van der Waals surface area contributed by atoms with Crippen molar-refractivity contribution in [3.63, 3.8) is 0 Å². The van der Waals surface area contributed by atoms with Crippen LogP contribution in [0.5, 0.6) is 0 Å². The van der Waals surface area contributed by atoms with E-state index in [-0.39, 0.29) is 6.10 Å². The van der Waals surface area contributed by atoms with Gasteiger partial charge in [-0.05, 0) is 38.8 Å². The molecule has 1 N–H and O–H groups in total. The van der Waals surface area contributed by atoms with Crippen LogP contribution in [0.3, 0.4) is 0 Å². The van der Waals surface area contributed by atoms with E-state index >= 15 is 0 Å². The zero-order valence-electron chi connectivity index (χ0n) is 9.32. The second-order valence-corrected chi connectivity index (χ2v) is 4.52. The van der Waals surface area contributed by atoms with E-state index in [9.17, 15) is 0 Å². The lowest BCUT2D eigenvalue weighted by molar-refractivity contribution is 0.103. The highest BCUT2D eigenvalue weighted by Crippen LogP contribution is 2.29. The van der Waals surface area contributed by atoms with Crippen molar-refractivity contribution >= 4 is 0 Å². The number of piperidine rings is 1. The maximum absolute atomic E-state index is 5.54. The summed E-state index contributed by atoms with van der Waals surface area (Å²) in [6, 6.07) is 0. The van der Waals surface area contributed by atoms with Crippen LogP contribution in [0.4, 0.5) is 0 Å². The van der Waals surface area contributed by atoms with Crippen molar-refractivity contribution in [2.75, 3.05) is 19.7 Å². The van der Waals surface area contributed by atoms with Crippen molar-refractivity contribution in [2.24, 2.45) is 0 Å². The lowest BCUT2D eigenvalue weighted by atomic mass is 9.98. The quantitative estimate of drug-likeness (QED) is 0.821. The Morgan fingerprint density at radius 2 is 2.06 bits per heavy atom. The lowest BCUT2D eigenvalue weighted by Gasteiger charge is -2.18. The maximum atomic E-state index is 5.54. The molecule has 0 radical (unpaired) electrons. The van der Waals surface area contributed by atoms with Crippen molar-refractivity contribution in [1.82, 2.24) is 15.5 Å². The predicted molar refractivity (Wildman–Crippen MR) is 57.1 cm³/mol. The highest BCUT2D eigenvalue weighted by Gasteiger charge is 2.26. The molecule has 1 unspecified atom stereocenters. The topological polar surface area (TPSA) is 60.2 Å². The van der Waals surface area contributed by atoms with Crippen molar-refractivity contribution in [3.05, 3.63) is 11.7 Å². The van der Waals surface area contributed by atoms with E-state index in [2.05, 4.69) is 15.5 Å². The van der Waals surface area contributed by atoms with Gasteiger partial charge in [-0.3, -0.25) is 0 Å². The maximum Gasteiger partial charge on any atom is 0.229 e. The van der Waals surface area contributed by atoms with E-state index in [0.29, 0.717) is 5.92 Å². The third-order valence-corrected chi connectivity index (χ3v) is 3.36. The third kappa shape index (κ3) is 1.97. The SMILES string of the molecule is C1COC(c2noc(C3CCNCC3)n2)C1. The van der Waals surface area contributed by atoms with Gasteiger partial charge in [0.05, 0.1) is 0 Å². The summed E-state index contributed by atoms with van der Waals surface area (Å²) in [5.41, 5.74) is 0. The number of hydrogen-bond donors (Lipinski definition) is 1. The first-order valence-electron chi connectivity index (χ1n) is 6.09. The van der Waals surface area contributed by atoms with Crippen LogP contribution < -0.4 is 5.32 Å². The standard InChI is InChI=1S/C11H17N3O2/c1-2-9(15-7-1)10-13-11(16-14-10)8-3-5-12-6-4-8/h8-9,12H,1-7H2. The molecule has 0 bridgehead atoms. The van der Waals surface area contributed by atoms with Crippen LogP contribution in [-0.4, -0.2) is 29.8 Å². The summed E-state index contributed by atoms with van der Waals surface area (Å²) in [6.45, 7) is 2.91. The molecule has 5 nitrogen and oxygen atoms in total. The second-order valence-electron chi connectivity index (χ2n) is 4.52. The van der Waals surface area contributed by atoms with Crippen LogP contribution in [0.1, 0.15) is 49.4 Å². The minimum atomic E-state index is 0.0687.